The zero-order valence-corrected chi connectivity index (χ0v) is 12.1. The van der Waals surface area contributed by atoms with Crippen LogP contribution in [0.25, 0.3) is 0 Å². The van der Waals surface area contributed by atoms with Gasteiger partial charge in [0, 0.05) is 71.1 Å². The zero-order valence-electron chi connectivity index (χ0n) is 2.80. The van der Waals surface area contributed by atoms with E-state index < -0.39 is 9.17 Å². The van der Waals surface area contributed by atoms with Gasteiger partial charge < -0.3 is 9.59 Å². The Labute approximate surface area is 92.5 Å². The van der Waals surface area contributed by atoms with Crippen LogP contribution in [0.3, 0.4) is 0 Å². The monoisotopic (exact) mass is 548 g/mol. The molecule has 0 atom stereocenters. The summed E-state index contributed by atoms with van der Waals surface area (Å²) in [6, 6.07) is 0. The van der Waals surface area contributed by atoms with Crippen molar-refractivity contribution < 1.29 is 85.1 Å². The Morgan fingerprint density at radius 2 is 1.33 bits per heavy atom. The topological polar surface area (TPSA) is 57.5 Å². The van der Waals surface area contributed by atoms with Crippen LogP contribution in [0.15, 0.2) is 0 Å². The summed E-state index contributed by atoms with van der Waals surface area (Å²) in [6.07, 6.45) is 0. The van der Waals surface area contributed by atoms with Crippen molar-refractivity contribution in [1.29, 1.82) is 0 Å². The molecule has 6 heavy (non-hydrogen) atoms. The molecule has 0 heterocycles. The summed E-state index contributed by atoms with van der Waals surface area (Å²) in [7, 11) is -3.13. The van der Waals surface area contributed by atoms with Crippen LogP contribution >= 0.6 is 0 Å². The average molecular weight is 548 g/mol. The van der Waals surface area contributed by atoms with Crippen molar-refractivity contribution in [2.24, 2.45) is 0 Å². The van der Waals surface area contributed by atoms with Crippen molar-refractivity contribution in [3.8, 4) is 0 Å². The number of hydrogen-bond acceptors (Lipinski definition) is 1. The molecule has 0 amide bonds. The summed E-state index contributed by atoms with van der Waals surface area (Å²) in [5.41, 5.74) is 0. The van der Waals surface area contributed by atoms with Gasteiger partial charge in [0.05, 0.1) is 0 Å². The third-order valence-corrected chi connectivity index (χ3v) is 0. The Morgan fingerprint density at radius 1 is 1.33 bits per heavy atom. The average Bonchev–Trinajstić information content (AvgIpc) is 0.811. The van der Waals surface area contributed by atoms with Crippen molar-refractivity contribution in [3.05, 3.63) is 0 Å². The van der Waals surface area contributed by atoms with E-state index in [2.05, 4.69) is 0 Å². The number of hydrogen-bond donors (Lipinski definition) is 2. The predicted molar refractivity (Wildman–Crippen MR) is 10.9 cm³/mol. The van der Waals surface area contributed by atoms with E-state index in [1.807, 2.05) is 0 Å². The fourth-order valence-corrected chi connectivity index (χ4v) is 0. The van der Waals surface area contributed by atoms with E-state index in [9.17, 15) is 0 Å². The van der Waals surface area contributed by atoms with Crippen molar-refractivity contribution >= 4 is 9.17 Å². The van der Waals surface area contributed by atoms with Gasteiger partial charge in [-0.15, -0.1) is 0 Å². The van der Waals surface area contributed by atoms with Crippen LogP contribution in [0.2, 0.25) is 0 Å². The van der Waals surface area contributed by atoms with Gasteiger partial charge in [-0.05, 0) is 0 Å². The van der Waals surface area contributed by atoms with E-state index in [0.29, 0.717) is 0 Å². The first-order chi connectivity index (χ1) is 1.73. The Balaban J connectivity index is -0.0000000450. The maximum absolute atomic E-state index is 8.74. The van der Waals surface area contributed by atoms with Gasteiger partial charge in [0.15, 0.2) is 0 Å². The third kappa shape index (κ3) is 37.6. The molecule has 0 aromatic heterocycles. The second-order valence-electron chi connectivity index (χ2n) is 0.283. The molecule has 0 aliphatic heterocycles. The van der Waals surface area contributed by atoms with E-state index in [1.165, 1.54) is 0 Å². The van der Waals surface area contributed by atoms with Gasteiger partial charge >= 0.3 is 9.17 Å². The van der Waals surface area contributed by atoms with E-state index in [4.69, 9.17) is 14.1 Å². The summed E-state index contributed by atoms with van der Waals surface area (Å²) in [5, 5.41) is 0. The Kier molecular flexibility index (Phi) is 26.3. The first kappa shape index (κ1) is 15.7. The molecule has 3 nitrogen and oxygen atoms in total. The quantitative estimate of drug-likeness (QED) is 0.359. The van der Waals surface area contributed by atoms with Gasteiger partial charge in [0.25, 0.3) is 0 Å². The molecule has 0 fully saturated rings. The molecule has 0 spiro atoms. The molecular weight excluding hydrogens is 546 g/mol. The summed E-state index contributed by atoms with van der Waals surface area (Å²) in [5.74, 6) is 0. The molecule has 0 aromatic rings. The van der Waals surface area contributed by atoms with Gasteiger partial charge in [-0.25, -0.2) is 0 Å². The third-order valence-electron chi connectivity index (χ3n) is 0. The van der Waals surface area contributed by atoms with Crippen molar-refractivity contribution in [2.45, 2.75) is 0 Å². The molecule has 0 saturated carbocycles. The minimum Gasteiger partial charge on any atom is -0.511 e. The number of rotatable bonds is 0. The zero-order chi connectivity index (χ0) is 3.58. The smallest absolute Gasteiger partial charge is 0.511 e. The van der Waals surface area contributed by atoms with Crippen LogP contribution in [-0.4, -0.2) is 18.8 Å². The van der Waals surface area contributed by atoms with Crippen molar-refractivity contribution in [1.82, 2.24) is 0 Å². The van der Waals surface area contributed by atoms with E-state index >= 15 is 0 Å². The molecule has 0 aromatic carbocycles. The van der Waals surface area contributed by atoms with E-state index in [1.54, 1.807) is 0 Å². The van der Waals surface area contributed by atoms with Crippen molar-refractivity contribution in [3.63, 3.8) is 0 Å². The molecular formula is H2O3SiThU. The second kappa shape index (κ2) is 10.1. The normalized spacial score (nSPS) is 4.00. The van der Waals surface area contributed by atoms with Crippen molar-refractivity contribution in [2.75, 3.05) is 0 Å². The minimum atomic E-state index is -3.13. The first-order valence-electron chi connectivity index (χ1n) is 0.651. The SMILES string of the molecule is O=[Si](O)O.[Th].[U]. The molecule has 0 radical (unpaired) electrons. The van der Waals surface area contributed by atoms with Crippen LogP contribution in [0.5, 0.6) is 0 Å². The molecule has 32 valence electrons. The van der Waals surface area contributed by atoms with Gasteiger partial charge in [0.1, 0.15) is 0 Å². The Hall–Kier alpha value is 1.99. The summed E-state index contributed by atoms with van der Waals surface area (Å²) >= 11 is 0. The van der Waals surface area contributed by atoms with Gasteiger partial charge in [-0.3, -0.25) is 4.46 Å². The molecule has 0 unspecified atom stereocenters. The molecule has 0 aliphatic carbocycles. The summed E-state index contributed by atoms with van der Waals surface area (Å²) < 4.78 is 8.74. The largest absolute Gasteiger partial charge is 0.761 e. The van der Waals surface area contributed by atoms with Crippen LogP contribution in [0, 0.1) is 71.1 Å². The summed E-state index contributed by atoms with van der Waals surface area (Å²) in [4.78, 5) is 14.3. The molecule has 0 bridgehead atoms. The fourth-order valence-electron chi connectivity index (χ4n) is 0. The molecule has 2 N–H and O–H groups in total. The van der Waals surface area contributed by atoms with Crippen LogP contribution in [-0.2, 0) is 4.46 Å². The molecule has 6 heteroatoms. The van der Waals surface area contributed by atoms with Crippen LogP contribution in [0.1, 0.15) is 0 Å². The molecule has 0 aliphatic rings. The second-order valence-corrected chi connectivity index (χ2v) is 0.848. The fraction of sp³-hybridized carbons (Fsp3) is 0. The molecule has 0 saturated heterocycles. The van der Waals surface area contributed by atoms with Gasteiger partial charge in [0.2, 0.25) is 0 Å². The Morgan fingerprint density at radius 3 is 1.33 bits per heavy atom. The molecule has 0 rings (SSSR count). The van der Waals surface area contributed by atoms with E-state index in [0.717, 1.165) is 0 Å². The first-order valence-corrected chi connectivity index (χ1v) is 1.95. The minimum absolute atomic E-state index is 0. The van der Waals surface area contributed by atoms with Crippen LogP contribution < -0.4 is 0 Å². The van der Waals surface area contributed by atoms with Gasteiger partial charge in [-0.1, -0.05) is 0 Å². The Bertz CT molecular complexity index is 33.8. The standard InChI is InChI=1S/H2O3Si.Th.U/c1-4(2)3;;/h1-2H;;. The maximum Gasteiger partial charge on any atom is 0.761 e. The maximum atomic E-state index is 8.74. The van der Waals surface area contributed by atoms with Crippen LogP contribution in [0.4, 0.5) is 0 Å². The predicted octanol–water partition coefficient (Wildman–Crippen LogP) is -1.61. The van der Waals surface area contributed by atoms with E-state index in [-0.39, 0.29) is 71.1 Å². The summed E-state index contributed by atoms with van der Waals surface area (Å²) in [6.45, 7) is 0. The van der Waals surface area contributed by atoms with Gasteiger partial charge in [-0.2, -0.15) is 0 Å².